The van der Waals surface area contributed by atoms with Crippen LogP contribution in [0.3, 0.4) is 0 Å². The molecule has 1 unspecified atom stereocenters. The Morgan fingerprint density at radius 2 is 1.90 bits per heavy atom. The summed E-state index contributed by atoms with van der Waals surface area (Å²) in [5, 5.41) is 14.7. The van der Waals surface area contributed by atoms with Gasteiger partial charge in [0.2, 0.25) is 0 Å². The van der Waals surface area contributed by atoms with Crippen molar-refractivity contribution in [2.75, 3.05) is 0 Å². The molecule has 1 fully saturated rings. The molecule has 0 aromatic heterocycles. The van der Waals surface area contributed by atoms with Crippen LogP contribution in [0.25, 0.3) is 0 Å². The van der Waals surface area contributed by atoms with E-state index in [2.05, 4.69) is 19.2 Å². The van der Waals surface area contributed by atoms with Crippen LogP contribution in [0.2, 0.25) is 0 Å². The molecule has 1 N–H and O–H groups in total. The maximum Gasteiger partial charge on any atom is 0.272 e. The molecular weight excluding hydrogens is 264 g/mol. The highest BCUT2D eigenvalue weighted by atomic mass is 16.6. The van der Waals surface area contributed by atoms with E-state index < -0.39 is 0 Å². The maximum atomic E-state index is 11.1. The lowest BCUT2D eigenvalue weighted by atomic mass is 9.84. The van der Waals surface area contributed by atoms with E-state index in [1.54, 1.807) is 13.0 Å². The standard InChI is InChI=1S/C17H26N2O2/c1-12-9-10-16(11-17(12)19(20)21)14(3)18-13(2)15-7-5-4-6-8-15/h9-11,13-15,18H,4-8H2,1-3H3/t13-,14?/m1/s1. The Labute approximate surface area is 127 Å². The van der Waals surface area contributed by atoms with E-state index in [9.17, 15) is 10.1 Å². The highest BCUT2D eigenvalue weighted by Crippen LogP contribution is 2.28. The van der Waals surface area contributed by atoms with Crippen LogP contribution in [0, 0.1) is 23.0 Å². The predicted octanol–water partition coefficient (Wildman–Crippen LogP) is 4.52. The second-order valence-corrected chi connectivity index (χ2v) is 6.38. The average Bonchev–Trinajstić information content (AvgIpc) is 2.48. The number of nitrogens with zero attached hydrogens (tertiary/aromatic N) is 1. The Kier molecular flexibility index (Phi) is 5.34. The van der Waals surface area contributed by atoms with E-state index in [1.807, 2.05) is 12.1 Å². The smallest absolute Gasteiger partial charge is 0.272 e. The van der Waals surface area contributed by atoms with Gasteiger partial charge in [-0.2, -0.15) is 0 Å². The minimum absolute atomic E-state index is 0.140. The second-order valence-electron chi connectivity index (χ2n) is 6.38. The third-order valence-electron chi connectivity index (χ3n) is 4.80. The van der Waals surface area contributed by atoms with Crippen LogP contribution in [-0.2, 0) is 0 Å². The van der Waals surface area contributed by atoms with Gasteiger partial charge in [-0.25, -0.2) is 0 Å². The molecule has 1 aromatic carbocycles. The Bertz CT molecular complexity index is 496. The van der Waals surface area contributed by atoms with Gasteiger partial charge < -0.3 is 5.32 Å². The summed E-state index contributed by atoms with van der Waals surface area (Å²) >= 11 is 0. The quantitative estimate of drug-likeness (QED) is 0.640. The Morgan fingerprint density at radius 1 is 1.24 bits per heavy atom. The van der Waals surface area contributed by atoms with Crippen molar-refractivity contribution >= 4 is 5.69 Å². The van der Waals surface area contributed by atoms with Crippen LogP contribution in [0.4, 0.5) is 5.69 Å². The lowest BCUT2D eigenvalue weighted by Gasteiger charge is -2.30. The van der Waals surface area contributed by atoms with Gasteiger partial charge in [0.05, 0.1) is 4.92 Å². The summed E-state index contributed by atoms with van der Waals surface area (Å²) in [6.07, 6.45) is 6.63. The number of rotatable bonds is 5. The summed E-state index contributed by atoms with van der Waals surface area (Å²) in [5.74, 6) is 0.738. The molecule has 4 nitrogen and oxygen atoms in total. The molecule has 1 aliphatic carbocycles. The minimum atomic E-state index is -0.296. The Morgan fingerprint density at radius 3 is 2.52 bits per heavy atom. The molecule has 1 saturated carbocycles. The summed E-state index contributed by atoms with van der Waals surface area (Å²) in [6, 6.07) is 6.15. The third kappa shape index (κ3) is 4.03. The van der Waals surface area contributed by atoms with Crippen molar-refractivity contribution in [2.45, 2.75) is 65.0 Å². The summed E-state index contributed by atoms with van der Waals surface area (Å²) < 4.78 is 0. The molecule has 2 atom stereocenters. The van der Waals surface area contributed by atoms with Gasteiger partial charge in [-0.15, -0.1) is 0 Å². The molecule has 0 spiro atoms. The normalized spacial score (nSPS) is 19.2. The number of nitro benzene ring substituents is 1. The van der Waals surface area contributed by atoms with Crippen molar-refractivity contribution in [1.82, 2.24) is 5.32 Å². The molecule has 2 rings (SSSR count). The van der Waals surface area contributed by atoms with Crippen LogP contribution < -0.4 is 5.32 Å². The maximum absolute atomic E-state index is 11.1. The van der Waals surface area contributed by atoms with Crippen molar-refractivity contribution in [3.05, 3.63) is 39.4 Å². The number of aryl methyl sites for hydroxylation is 1. The molecule has 1 aliphatic rings. The first-order valence-corrected chi connectivity index (χ1v) is 8.00. The minimum Gasteiger partial charge on any atom is -0.307 e. The molecule has 0 saturated heterocycles. The van der Waals surface area contributed by atoms with Gasteiger partial charge in [-0.3, -0.25) is 10.1 Å². The average molecular weight is 290 g/mol. The number of benzene rings is 1. The summed E-state index contributed by atoms with van der Waals surface area (Å²) in [4.78, 5) is 10.8. The summed E-state index contributed by atoms with van der Waals surface area (Å²) in [5.41, 5.74) is 1.93. The fourth-order valence-electron chi connectivity index (χ4n) is 3.35. The fraction of sp³-hybridized carbons (Fsp3) is 0.647. The van der Waals surface area contributed by atoms with Crippen molar-refractivity contribution < 1.29 is 4.92 Å². The highest BCUT2D eigenvalue weighted by Gasteiger charge is 2.22. The van der Waals surface area contributed by atoms with Gasteiger partial charge in [0.1, 0.15) is 0 Å². The zero-order valence-corrected chi connectivity index (χ0v) is 13.3. The van der Waals surface area contributed by atoms with Gasteiger partial charge in [0, 0.05) is 23.7 Å². The first-order chi connectivity index (χ1) is 9.99. The van der Waals surface area contributed by atoms with Crippen LogP contribution in [0.15, 0.2) is 18.2 Å². The Hall–Kier alpha value is -1.42. The SMILES string of the molecule is Cc1ccc(C(C)N[C@H](C)C2CCCCC2)cc1[N+](=O)[O-]. The van der Waals surface area contributed by atoms with Gasteiger partial charge in [0.15, 0.2) is 0 Å². The lowest BCUT2D eigenvalue weighted by molar-refractivity contribution is -0.385. The van der Waals surface area contributed by atoms with Gasteiger partial charge in [-0.05, 0) is 45.1 Å². The van der Waals surface area contributed by atoms with Crippen molar-refractivity contribution in [3.8, 4) is 0 Å². The molecule has 21 heavy (non-hydrogen) atoms. The Balaban J connectivity index is 2.04. The van der Waals surface area contributed by atoms with E-state index >= 15 is 0 Å². The van der Waals surface area contributed by atoms with E-state index in [-0.39, 0.29) is 16.7 Å². The van der Waals surface area contributed by atoms with E-state index in [0.29, 0.717) is 6.04 Å². The molecule has 116 valence electrons. The van der Waals surface area contributed by atoms with Crippen molar-refractivity contribution in [1.29, 1.82) is 0 Å². The highest BCUT2D eigenvalue weighted by molar-refractivity contribution is 5.43. The fourth-order valence-corrected chi connectivity index (χ4v) is 3.35. The first kappa shape index (κ1) is 16.0. The number of nitro groups is 1. The molecule has 0 aliphatic heterocycles. The zero-order chi connectivity index (χ0) is 15.4. The summed E-state index contributed by atoms with van der Waals surface area (Å²) in [7, 11) is 0. The third-order valence-corrected chi connectivity index (χ3v) is 4.80. The van der Waals surface area contributed by atoms with Gasteiger partial charge >= 0.3 is 0 Å². The van der Waals surface area contributed by atoms with Crippen LogP contribution in [0.1, 0.15) is 63.1 Å². The second kappa shape index (κ2) is 7.03. The zero-order valence-electron chi connectivity index (χ0n) is 13.3. The lowest BCUT2D eigenvalue weighted by Crippen LogP contribution is -2.36. The number of hydrogen-bond donors (Lipinski definition) is 1. The van der Waals surface area contributed by atoms with E-state index in [4.69, 9.17) is 0 Å². The summed E-state index contributed by atoms with van der Waals surface area (Å²) in [6.45, 7) is 6.12. The van der Waals surface area contributed by atoms with Crippen LogP contribution in [0.5, 0.6) is 0 Å². The monoisotopic (exact) mass is 290 g/mol. The largest absolute Gasteiger partial charge is 0.307 e. The molecule has 0 amide bonds. The predicted molar refractivity (Wildman–Crippen MR) is 85.4 cm³/mol. The number of nitrogens with one attached hydrogen (secondary N) is 1. The topological polar surface area (TPSA) is 55.2 Å². The van der Waals surface area contributed by atoms with Gasteiger partial charge in [-0.1, -0.05) is 31.4 Å². The van der Waals surface area contributed by atoms with Crippen LogP contribution >= 0.6 is 0 Å². The number of hydrogen-bond acceptors (Lipinski definition) is 3. The molecular formula is C17H26N2O2. The van der Waals surface area contributed by atoms with Crippen molar-refractivity contribution in [2.24, 2.45) is 5.92 Å². The first-order valence-electron chi connectivity index (χ1n) is 8.00. The molecule has 0 heterocycles. The van der Waals surface area contributed by atoms with Gasteiger partial charge in [0.25, 0.3) is 5.69 Å². The molecule has 0 bridgehead atoms. The van der Waals surface area contributed by atoms with E-state index in [0.717, 1.165) is 17.0 Å². The van der Waals surface area contributed by atoms with E-state index in [1.165, 1.54) is 32.1 Å². The molecule has 1 aromatic rings. The van der Waals surface area contributed by atoms with Crippen LogP contribution in [-0.4, -0.2) is 11.0 Å². The molecule has 4 heteroatoms. The van der Waals surface area contributed by atoms with Crippen molar-refractivity contribution in [3.63, 3.8) is 0 Å². The molecule has 0 radical (unpaired) electrons.